The molecule has 1 heterocycles. The predicted octanol–water partition coefficient (Wildman–Crippen LogP) is 3.42. The van der Waals surface area contributed by atoms with Gasteiger partial charge in [-0.3, -0.25) is 9.78 Å². The molecule has 2 N–H and O–H groups in total. The van der Waals surface area contributed by atoms with Crippen LogP contribution >= 0.6 is 23.2 Å². The average Bonchev–Trinajstić information content (AvgIpc) is 2.50. The normalized spacial score (nSPS) is 10.7. The lowest BCUT2D eigenvalue weighted by atomic mass is 10.2. The van der Waals surface area contributed by atoms with Gasteiger partial charge >= 0.3 is 0 Å². The number of aromatic nitrogens is 1. The van der Waals surface area contributed by atoms with Crippen LogP contribution < -0.4 is 10.6 Å². The molecule has 0 unspecified atom stereocenters. The number of carbonyl (C=O) groups excluding carboxylic acids is 1. The summed E-state index contributed by atoms with van der Waals surface area (Å²) in [6, 6.07) is 8.62. The van der Waals surface area contributed by atoms with Crippen molar-refractivity contribution >= 4 is 40.5 Å². The van der Waals surface area contributed by atoms with E-state index >= 15 is 0 Å². The maximum Gasteiger partial charge on any atom is 0.269 e. The van der Waals surface area contributed by atoms with E-state index in [0.717, 1.165) is 12.2 Å². The number of amides is 1. The molecule has 122 valence electrons. The second-order valence-electron chi connectivity index (χ2n) is 5.24. The molecule has 0 bridgehead atoms. The zero-order valence-electron chi connectivity index (χ0n) is 12.9. The molecule has 5 nitrogen and oxygen atoms in total. The van der Waals surface area contributed by atoms with Crippen LogP contribution in [0.1, 0.15) is 10.5 Å². The molecule has 0 spiro atoms. The third-order valence-electron chi connectivity index (χ3n) is 3.05. The first-order chi connectivity index (χ1) is 11.0. The van der Waals surface area contributed by atoms with E-state index in [0.29, 0.717) is 28.0 Å². The molecule has 0 fully saturated rings. The van der Waals surface area contributed by atoms with Crippen LogP contribution in [0.5, 0.6) is 0 Å². The van der Waals surface area contributed by atoms with Gasteiger partial charge in [0.1, 0.15) is 5.69 Å². The molecule has 1 amide bonds. The van der Waals surface area contributed by atoms with Gasteiger partial charge in [-0.25, -0.2) is 0 Å². The van der Waals surface area contributed by atoms with Crippen LogP contribution in [0.15, 0.2) is 36.5 Å². The first-order valence-electron chi connectivity index (χ1n) is 7.07. The molecule has 7 heteroatoms. The van der Waals surface area contributed by atoms with Crippen molar-refractivity contribution in [3.8, 4) is 0 Å². The topological polar surface area (TPSA) is 57.3 Å². The summed E-state index contributed by atoms with van der Waals surface area (Å²) < 4.78 is 0. The largest absolute Gasteiger partial charge is 0.354 e. The highest BCUT2D eigenvalue weighted by Crippen LogP contribution is 2.28. The van der Waals surface area contributed by atoms with Crippen molar-refractivity contribution in [2.75, 3.05) is 32.5 Å². The molecule has 0 atom stereocenters. The molecule has 0 radical (unpaired) electrons. The van der Waals surface area contributed by atoms with Crippen LogP contribution in [0.4, 0.5) is 11.4 Å². The Labute approximate surface area is 145 Å². The van der Waals surface area contributed by atoms with E-state index in [1.165, 1.54) is 0 Å². The minimum Gasteiger partial charge on any atom is -0.354 e. The van der Waals surface area contributed by atoms with E-state index in [1.807, 2.05) is 19.0 Å². The Hall–Kier alpha value is -1.82. The van der Waals surface area contributed by atoms with Gasteiger partial charge in [0, 0.05) is 30.0 Å². The van der Waals surface area contributed by atoms with E-state index in [9.17, 15) is 4.79 Å². The van der Waals surface area contributed by atoms with Gasteiger partial charge in [-0.2, -0.15) is 0 Å². The number of nitrogens with zero attached hydrogens (tertiary/aromatic N) is 2. The van der Waals surface area contributed by atoms with Crippen LogP contribution in [-0.4, -0.2) is 43.0 Å². The highest BCUT2D eigenvalue weighted by atomic mass is 35.5. The zero-order valence-corrected chi connectivity index (χ0v) is 14.4. The minimum atomic E-state index is -0.210. The fourth-order valence-electron chi connectivity index (χ4n) is 1.86. The van der Waals surface area contributed by atoms with Gasteiger partial charge in [0.25, 0.3) is 5.91 Å². The second-order valence-corrected chi connectivity index (χ2v) is 6.08. The molecule has 0 aliphatic heterocycles. The third-order valence-corrected chi connectivity index (χ3v) is 3.60. The van der Waals surface area contributed by atoms with Crippen LogP contribution in [-0.2, 0) is 0 Å². The fourth-order valence-corrected chi connectivity index (χ4v) is 2.32. The quantitative estimate of drug-likeness (QED) is 0.836. The van der Waals surface area contributed by atoms with Gasteiger partial charge < -0.3 is 15.5 Å². The van der Waals surface area contributed by atoms with Gasteiger partial charge in [-0.05, 0) is 44.4 Å². The number of likely N-dealkylation sites (N-methyl/N-ethyl adjacent to an activating group) is 1. The first-order valence-corrected chi connectivity index (χ1v) is 7.82. The van der Waals surface area contributed by atoms with E-state index in [2.05, 4.69) is 15.6 Å². The van der Waals surface area contributed by atoms with Crippen LogP contribution in [0.25, 0.3) is 0 Å². The molecular formula is C16H18Cl2N4O. The molecule has 1 aromatic carbocycles. The zero-order chi connectivity index (χ0) is 16.8. The van der Waals surface area contributed by atoms with E-state index in [1.54, 1.807) is 36.5 Å². The number of rotatable bonds is 6. The molecule has 0 saturated heterocycles. The summed E-state index contributed by atoms with van der Waals surface area (Å²) in [5, 5.41) is 7.05. The highest BCUT2D eigenvalue weighted by molar-refractivity contribution is 6.36. The Morgan fingerprint density at radius 2 is 2.00 bits per heavy atom. The van der Waals surface area contributed by atoms with Crippen LogP contribution in [0.3, 0.4) is 0 Å². The maximum absolute atomic E-state index is 12.1. The molecule has 1 aromatic heterocycles. The van der Waals surface area contributed by atoms with Crippen molar-refractivity contribution in [3.63, 3.8) is 0 Å². The Balaban J connectivity index is 2.06. The number of hydrogen-bond acceptors (Lipinski definition) is 4. The van der Waals surface area contributed by atoms with Crippen molar-refractivity contribution in [2.45, 2.75) is 0 Å². The molecule has 2 aromatic rings. The summed E-state index contributed by atoms with van der Waals surface area (Å²) >= 11 is 12.0. The predicted molar refractivity (Wildman–Crippen MR) is 94.9 cm³/mol. The lowest BCUT2D eigenvalue weighted by molar-refractivity contribution is 0.0946. The monoisotopic (exact) mass is 352 g/mol. The number of nitrogens with one attached hydrogen (secondary N) is 2. The van der Waals surface area contributed by atoms with Crippen molar-refractivity contribution in [3.05, 3.63) is 52.3 Å². The van der Waals surface area contributed by atoms with Crippen molar-refractivity contribution < 1.29 is 4.79 Å². The average molecular weight is 353 g/mol. The molecule has 0 aliphatic carbocycles. The molecule has 2 rings (SSSR count). The summed E-state index contributed by atoms with van der Waals surface area (Å²) in [6.45, 7) is 1.33. The van der Waals surface area contributed by atoms with Gasteiger partial charge in [0.2, 0.25) is 0 Å². The van der Waals surface area contributed by atoms with Gasteiger partial charge in [-0.1, -0.05) is 23.2 Å². The lowest BCUT2D eigenvalue weighted by Crippen LogP contribution is -2.31. The Bertz CT molecular complexity index is 692. The smallest absolute Gasteiger partial charge is 0.269 e. The summed E-state index contributed by atoms with van der Waals surface area (Å²) in [7, 11) is 3.90. The molecule has 23 heavy (non-hydrogen) atoms. The van der Waals surface area contributed by atoms with Gasteiger partial charge in [0.05, 0.1) is 10.7 Å². The van der Waals surface area contributed by atoms with E-state index in [4.69, 9.17) is 23.2 Å². The highest BCUT2D eigenvalue weighted by Gasteiger charge is 2.08. The number of benzene rings is 1. The SMILES string of the molecule is CN(C)CCNC(=O)c1cc(Nc2ccc(Cl)cc2Cl)ccn1. The standard InChI is InChI=1S/C16H18Cl2N4O/c1-22(2)8-7-20-16(23)15-10-12(5-6-19-15)21-14-4-3-11(17)9-13(14)18/h3-6,9-10H,7-8H2,1-2H3,(H,19,21)(H,20,23). The number of pyridine rings is 1. The summed E-state index contributed by atoms with van der Waals surface area (Å²) in [6.07, 6.45) is 1.58. The summed E-state index contributed by atoms with van der Waals surface area (Å²) in [5.41, 5.74) is 1.78. The Morgan fingerprint density at radius 3 is 2.70 bits per heavy atom. The molecule has 0 saturated carbocycles. The lowest BCUT2D eigenvalue weighted by Gasteiger charge is -2.11. The van der Waals surface area contributed by atoms with Crippen molar-refractivity contribution in [1.29, 1.82) is 0 Å². The molecular weight excluding hydrogens is 335 g/mol. The van der Waals surface area contributed by atoms with Crippen LogP contribution in [0, 0.1) is 0 Å². The van der Waals surface area contributed by atoms with E-state index < -0.39 is 0 Å². The maximum atomic E-state index is 12.1. The minimum absolute atomic E-state index is 0.210. The van der Waals surface area contributed by atoms with Gasteiger partial charge in [0.15, 0.2) is 0 Å². The Morgan fingerprint density at radius 1 is 1.22 bits per heavy atom. The van der Waals surface area contributed by atoms with Gasteiger partial charge in [-0.15, -0.1) is 0 Å². The fraction of sp³-hybridized carbons (Fsp3) is 0.250. The van der Waals surface area contributed by atoms with Crippen molar-refractivity contribution in [2.24, 2.45) is 0 Å². The van der Waals surface area contributed by atoms with E-state index in [-0.39, 0.29) is 5.91 Å². The first kappa shape index (κ1) is 17.5. The summed E-state index contributed by atoms with van der Waals surface area (Å²) in [5.74, 6) is -0.210. The Kier molecular flexibility index (Phi) is 6.21. The van der Waals surface area contributed by atoms with Crippen LogP contribution in [0.2, 0.25) is 10.0 Å². The molecule has 0 aliphatic rings. The second kappa shape index (κ2) is 8.15. The number of halogens is 2. The van der Waals surface area contributed by atoms with Crippen molar-refractivity contribution in [1.82, 2.24) is 15.2 Å². The summed E-state index contributed by atoms with van der Waals surface area (Å²) in [4.78, 5) is 18.2. The number of hydrogen-bond donors (Lipinski definition) is 2. The number of carbonyl (C=O) groups is 1. The number of anilines is 2. The third kappa shape index (κ3) is 5.39.